The molecule has 1 unspecified atom stereocenters. The third kappa shape index (κ3) is 10.6. The van der Waals surface area contributed by atoms with Crippen LogP contribution in [0.15, 0.2) is 48.5 Å². The first-order chi connectivity index (χ1) is 25.5. The molecule has 6 rings (SSSR count). The smallest absolute Gasteiger partial charge is 1.00 e. The standard InChI is InChI=1S/C46H72O6Si.Na.H/c1-44(2,3)53(5,6)52-28-18-13-11-9-7-8-10-12-17-27-47-29-30-48-42-34-45(4)41(25-26-46(45)50-31-32-51-46)40-23-21-37-33-38(22-24-39(37)43(40)42)49-35-36-19-15-14-16-20-36;;/h14-16,19-20,22,24,33,40-43H,7-13,17-18,21,23,25-32,34-35H2,1-6H3;;/q;+1;-1/t40-,41?,42+,43+,45+;;/m1../s1. The summed E-state index contributed by atoms with van der Waals surface area (Å²) < 4.78 is 38.6. The van der Waals surface area contributed by atoms with E-state index in [0.717, 1.165) is 44.6 Å². The van der Waals surface area contributed by atoms with Gasteiger partial charge in [-0.25, -0.2) is 0 Å². The number of hydrogen-bond donors (Lipinski definition) is 0. The van der Waals surface area contributed by atoms with Crippen LogP contribution < -0.4 is 34.3 Å². The summed E-state index contributed by atoms with van der Waals surface area (Å²) >= 11 is 0. The van der Waals surface area contributed by atoms with Gasteiger partial charge in [-0.2, -0.15) is 0 Å². The van der Waals surface area contributed by atoms with Gasteiger partial charge in [-0.3, -0.25) is 0 Å². The van der Waals surface area contributed by atoms with Crippen molar-refractivity contribution in [2.24, 2.45) is 17.3 Å². The number of fused-ring (bicyclic) bond motifs is 6. The van der Waals surface area contributed by atoms with Gasteiger partial charge in [-0.05, 0) is 97.3 Å². The molecule has 8 heteroatoms. The number of hydrogen-bond acceptors (Lipinski definition) is 6. The fourth-order valence-electron chi connectivity index (χ4n) is 9.92. The first-order valence-corrected chi connectivity index (χ1v) is 24.3. The number of benzene rings is 2. The summed E-state index contributed by atoms with van der Waals surface area (Å²) in [6, 6.07) is 17.3. The molecule has 0 aromatic heterocycles. The Balaban J connectivity index is 0.00000336. The molecule has 1 heterocycles. The van der Waals surface area contributed by atoms with Crippen molar-refractivity contribution in [1.29, 1.82) is 0 Å². The molecule has 1 spiro atoms. The Morgan fingerprint density at radius 1 is 0.815 bits per heavy atom. The van der Waals surface area contributed by atoms with E-state index >= 15 is 0 Å². The van der Waals surface area contributed by atoms with Crippen molar-refractivity contribution in [3.05, 3.63) is 65.2 Å². The van der Waals surface area contributed by atoms with Gasteiger partial charge in [-0.15, -0.1) is 0 Å². The molecule has 54 heavy (non-hydrogen) atoms. The average molecular weight is 773 g/mol. The van der Waals surface area contributed by atoms with Crippen LogP contribution in [-0.4, -0.2) is 59.8 Å². The molecule has 3 fully saturated rings. The third-order valence-electron chi connectivity index (χ3n) is 14.0. The van der Waals surface area contributed by atoms with E-state index in [2.05, 4.69) is 89.3 Å². The zero-order valence-electron chi connectivity index (χ0n) is 36.2. The summed E-state index contributed by atoms with van der Waals surface area (Å²) in [5, 5.41) is 0.307. The third-order valence-corrected chi connectivity index (χ3v) is 18.5. The molecule has 5 atom stereocenters. The molecule has 1 saturated heterocycles. The van der Waals surface area contributed by atoms with E-state index in [-0.39, 0.29) is 42.5 Å². The van der Waals surface area contributed by atoms with E-state index < -0.39 is 14.1 Å². The van der Waals surface area contributed by atoms with Crippen LogP contribution in [-0.2, 0) is 36.4 Å². The molecule has 2 aromatic carbocycles. The largest absolute Gasteiger partial charge is 1.00 e. The van der Waals surface area contributed by atoms with Gasteiger partial charge in [0.2, 0.25) is 0 Å². The Hall–Kier alpha value is -0.743. The Morgan fingerprint density at radius 2 is 1.48 bits per heavy atom. The molecule has 3 aliphatic carbocycles. The predicted molar refractivity (Wildman–Crippen MR) is 218 cm³/mol. The molecule has 0 bridgehead atoms. The first kappa shape index (κ1) is 44.4. The zero-order valence-corrected chi connectivity index (χ0v) is 38.2. The maximum absolute atomic E-state index is 6.89. The molecule has 6 nitrogen and oxygen atoms in total. The molecule has 0 radical (unpaired) electrons. The number of ether oxygens (including phenoxy) is 5. The molecule has 2 saturated carbocycles. The van der Waals surface area contributed by atoms with Crippen LogP contribution in [0.3, 0.4) is 0 Å². The monoisotopic (exact) mass is 773 g/mol. The summed E-state index contributed by atoms with van der Waals surface area (Å²) in [5.41, 5.74) is 4.05. The van der Waals surface area contributed by atoms with E-state index in [4.69, 9.17) is 28.1 Å². The van der Waals surface area contributed by atoms with Crippen molar-refractivity contribution < 1.29 is 59.1 Å². The van der Waals surface area contributed by atoms with Crippen LogP contribution in [0.4, 0.5) is 0 Å². The minimum absolute atomic E-state index is 0. The van der Waals surface area contributed by atoms with Crippen LogP contribution in [0.25, 0.3) is 0 Å². The molecule has 4 aliphatic rings. The molecule has 2 aromatic rings. The maximum atomic E-state index is 6.89. The van der Waals surface area contributed by atoms with Gasteiger partial charge in [0.15, 0.2) is 14.1 Å². The van der Waals surface area contributed by atoms with Gasteiger partial charge in [0, 0.05) is 31.0 Å². The quantitative estimate of drug-likeness (QED) is 0.0995. The second-order valence-corrected chi connectivity index (χ2v) is 23.2. The Bertz CT molecular complexity index is 1410. The predicted octanol–water partition coefficient (Wildman–Crippen LogP) is 8.53. The summed E-state index contributed by atoms with van der Waals surface area (Å²) in [4.78, 5) is 0. The number of rotatable bonds is 20. The molecule has 1 aliphatic heterocycles. The van der Waals surface area contributed by atoms with E-state index in [0.29, 0.717) is 55.8 Å². The second kappa shape index (κ2) is 20.3. The molecular weight excluding hydrogens is 700 g/mol. The van der Waals surface area contributed by atoms with Gasteiger partial charge in [0.05, 0.1) is 32.5 Å². The fraction of sp³-hybridized carbons (Fsp3) is 0.739. The zero-order chi connectivity index (χ0) is 37.4. The van der Waals surface area contributed by atoms with Gasteiger partial charge in [-0.1, -0.05) is 109 Å². The van der Waals surface area contributed by atoms with Crippen molar-refractivity contribution >= 4 is 8.32 Å². The summed E-state index contributed by atoms with van der Waals surface area (Å²) in [6.07, 6.45) is 17.1. The summed E-state index contributed by atoms with van der Waals surface area (Å²) in [7, 11) is -1.59. The van der Waals surface area contributed by atoms with Crippen molar-refractivity contribution in [1.82, 2.24) is 0 Å². The van der Waals surface area contributed by atoms with Gasteiger partial charge in [0.1, 0.15) is 12.4 Å². The Labute approximate surface area is 353 Å². The van der Waals surface area contributed by atoms with E-state index in [9.17, 15) is 0 Å². The van der Waals surface area contributed by atoms with Crippen molar-refractivity contribution in [2.45, 2.75) is 160 Å². The van der Waals surface area contributed by atoms with E-state index in [1.807, 2.05) is 0 Å². The van der Waals surface area contributed by atoms with E-state index in [1.165, 1.54) is 80.9 Å². The van der Waals surface area contributed by atoms with Crippen molar-refractivity contribution in [2.75, 3.05) is 39.6 Å². The molecule has 0 N–H and O–H groups in total. The average Bonchev–Trinajstić information content (AvgIpc) is 3.74. The van der Waals surface area contributed by atoms with E-state index in [1.54, 1.807) is 0 Å². The van der Waals surface area contributed by atoms with Gasteiger partial charge < -0.3 is 29.5 Å². The van der Waals surface area contributed by atoms with Crippen LogP contribution >= 0.6 is 0 Å². The number of unbranched alkanes of at least 4 members (excludes halogenated alkanes) is 8. The normalized spacial score (nSPS) is 25.9. The van der Waals surface area contributed by atoms with Crippen molar-refractivity contribution in [3.8, 4) is 5.75 Å². The fourth-order valence-corrected chi connectivity index (χ4v) is 11.0. The summed E-state index contributed by atoms with van der Waals surface area (Å²) in [5.74, 6) is 2.04. The van der Waals surface area contributed by atoms with Crippen LogP contribution in [0, 0.1) is 17.3 Å². The molecular formula is C46H73NaO6Si. The maximum Gasteiger partial charge on any atom is 1.00 e. The minimum Gasteiger partial charge on any atom is -1.00 e. The second-order valence-electron chi connectivity index (χ2n) is 18.4. The number of aryl methyl sites for hydroxylation is 1. The Kier molecular flexibility index (Phi) is 16.7. The van der Waals surface area contributed by atoms with Gasteiger partial charge in [0.25, 0.3) is 0 Å². The molecule has 298 valence electrons. The van der Waals surface area contributed by atoms with Crippen LogP contribution in [0.1, 0.15) is 135 Å². The molecule has 0 amide bonds. The topological polar surface area (TPSA) is 55.4 Å². The first-order valence-electron chi connectivity index (χ1n) is 21.4. The SMILES string of the molecule is CC(C)(C)[Si](C)(C)OCCCCCCCCCCCOCCO[C@H]1C[C@@]2(C)C(CCC23OCCO3)[C@H]2CCc3cc(OCc4ccccc4)ccc3[C@H]12.[H-].[Na+]. The van der Waals surface area contributed by atoms with Crippen molar-refractivity contribution in [3.63, 3.8) is 0 Å². The Morgan fingerprint density at radius 3 is 2.17 bits per heavy atom. The minimum atomic E-state index is -1.59. The van der Waals surface area contributed by atoms with Crippen LogP contribution in [0.5, 0.6) is 5.75 Å². The van der Waals surface area contributed by atoms with Crippen LogP contribution in [0.2, 0.25) is 18.1 Å². The van der Waals surface area contributed by atoms with Gasteiger partial charge >= 0.3 is 29.6 Å². The summed E-state index contributed by atoms with van der Waals surface area (Å²) in [6.45, 7) is 19.2.